The highest BCUT2D eigenvalue weighted by atomic mass is 32.2. The zero-order chi connectivity index (χ0) is 14.6. The molecular formula is C14H18N2O3S. The molecule has 1 unspecified atom stereocenters. The highest BCUT2D eigenvalue weighted by molar-refractivity contribution is 7.88. The molecule has 108 valence electrons. The van der Waals surface area contributed by atoms with Crippen LogP contribution in [-0.4, -0.2) is 39.5 Å². The number of nitrogens with zero attached hydrogens (tertiary/aromatic N) is 2. The summed E-state index contributed by atoms with van der Waals surface area (Å²) >= 11 is 0. The number of sulfonamides is 1. The molecule has 1 heterocycles. The third-order valence-corrected chi connectivity index (χ3v) is 5.31. The van der Waals surface area contributed by atoms with E-state index in [1.54, 1.807) is 31.4 Å². The van der Waals surface area contributed by atoms with Crippen LogP contribution in [0.3, 0.4) is 0 Å². The van der Waals surface area contributed by atoms with Crippen molar-refractivity contribution < 1.29 is 13.2 Å². The second-order valence-electron chi connectivity index (χ2n) is 4.99. The second kappa shape index (κ2) is 6.35. The lowest BCUT2D eigenvalue weighted by Gasteiger charge is -2.17. The predicted molar refractivity (Wildman–Crippen MR) is 75.3 cm³/mol. The Balaban J connectivity index is 2.11. The van der Waals surface area contributed by atoms with Crippen LogP contribution in [0.15, 0.2) is 24.3 Å². The summed E-state index contributed by atoms with van der Waals surface area (Å²) in [6.45, 7) is 1.62. The molecule has 1 saturated heterocycles. The van der Waals surface area contributed by atoms with E-state index >= 15 is 0 Å². The number of rotatable bonds is 5. The molecule has 0 aromatic heterocycles. The van der Waals surface area contributed by atoms with E-state index < -0.39 is 10.0 Å². The maximum absolute atomic E-state index is 12.4. The molecule has 0 aliphatic carbocycles. The van der Waals surface area contributed by atoms with Crippen molar-refractivity contribution in [2.24, 2.45) is 5.92 Å². The second-order valence-corrected chi connectivity index (χ2v) is 6.96. The summed E-state index contributed by atoms with van der Waals surface area (Å²) in [6, 6.07) is 8.86. The number of methoxy groups -OCH3 is 1. The Bertz CT molecular complexity index is 607. The fourth-order valence-corrected chi connectivity index (χ4v) is 4.11. The monoisotopic (exact) mass is 294 g/mol. The van der Waals surface area contributed by atoms with E-state index in [1.165, 1.54) is 4.31 Å². The van der Waals surface area contributed by atoms with Crippen molar-refractivity contribution in [3.8, 4) is 6.07 Å². The number of ether oxygens (including phenoxy) is 1. The molecular weight excluding hydrogens is 276 g/mol. The third kappa shape index (κ3) is 3.37. The van der Waals surface area contributed by atoms with Gasteiger partial charge in [-0.25, -0.2) is 12.7 Å². The van der Waals surface area contributed by atoms with Crippen molar-refractivity contribution in [3.63, 3.8) is 0 Å². The van der Waals surface area contributed by atoms with Crippen molar-refractivity contribution in [1.29, 1.82) is 5.26 Å². The molecule has 20 heavy (non-hydrogen) atoms. The Morgan fingerprint density at radius 2 is 2.20 bits per heavy atom. The van der Waals surface area contributed by atoms with Crippen LogP contribution < -0.4 is 0 Å². The number of hydrogen-bond donors (Lipinski definition) is 0. The van der Waals surface area contributed by atoms with Crippen molar-refractivity contribution >= 4 is 10.0 Å². The van der Waals surface area contributed by atoms with Crippen LogP contribution >= 0.6 is 0 Å². The third-order valence-electron chi connectivity index (χ3n) is 3.52. The molecule has 0 amide bonds. The van der Waals surface area contributed by atoms with Gasteiger partial charge in [0.25, 0.3) is 0 Å². The van der Waals surface area contributed by atoms with E-state index in [4.69, 9.17) is 10.00 Å². The van der Waals surface area contributed by atoms with Gasteiger partial charge < -0.3 is 4.74 Å². The number of benzene rings is 1. The lowest BCUT2D eigenvalue weighted by Crippen LogP contribution is -2.30. The summed E-state index contributed by atoms with van der Waals surface area (Å²) < 4.78 is 31.4. The van der Waals surface area contributed by atoms with Gasteiger partial charge in [0.1, 0.15) is 0 Å². The highest BCUT2D eigenvalue weighted by Gasteiger charge is 2.31. The Labute approximate surface area is 119 Å². The zero-order valence-corrected chi connectivity index (χ0v) is 12.3. The first kappa shape index (κ1) is 15.0. The fourth-order valence-electron chi connectivity index (χ4n) is 2.46. The summed E-state index contributed by atoms with van der Waals surface area (Å²) in [5, 5.41) is 9.02. The molecule has 2 rings (SSSR count). The van der Waals surface area contributed by atoms with Gasteiger partial charge in [-0.2, -0.15) is 5.26 Å². The van der Waals surface area contributed by atoms with E-state index in [-0.39, 0.29) is 11.7 Å². The molecule has 1 aromatic carbocycles. The highest BCUT2D eigenvalue weighted by Crippen LogP contribution is 2.22. The molecule has 0 radical (unpaired) electrons. The maximum atomic E-state index is 12.4. The van der Waals surface area contributed by atoms with E-state index in [0.29, 0.717) is 30.8 Å². The topological polar surface area (TPSA) is 70.4 Å². The van der Waals surface area contributed by atoms with Crippen LogP contribution in [-0.2, 0) is 20.5 Å². The minimum absolute atomic E-state index is 0.115. The van der Waals surface area contributed by atoms with Crippen molar-refractivity contribution in [2.45, 2.75) is 12.2 Å². The van der Waals surface area contributed by atoms with Crippen LogP contribution in [0, 0.1) is 17.2 Å². The lowest BCUT2D eigenvalue weighted by molar-refractivity contribution is 0.157. The van der Waals surface area contributed by atoms with Crippen LogP contribution in [0.5, 0.6) is 0 Å². The van der Waals surface area contributed by atoms with Crippen molar-refractivity contribution in [3.05, 3.63) is 35.4 Å². The predicted octanol–water partition coefficient (Wildman–Crippen LogP) is 1.36. The zero-order valence-electron chi connectivity index (χ0n) is 11.4. The Hall–Kier alpha value is -1.42. The molecule has 1 aromatic rings. The molecule has 1 aliphatic heterocycles. The molecule has 0 bridgehead atoms. The molecule has 6 heteroatoms. The Morgan fingerprint density at radius 1 is 1.45 bits per heavy atom. The Morgan fingerprint density at radius 3 is 2.90 bits per heavy atom. The molecule has 0 N–H and O–H groups in total. The number of nitriles is 1. The largest absolute Gasteiger partial charge is 0.384 e. The molecule has 0 saturated carbocycles. The fraction of sp³-hybridized carbons (Fsp3) is 0.500. The summed E-state index contributed by atoms with van der Waals surface area (Å²) in [6.07, 6.45) is 0.826. The standard InChI is InChI=1S/C14H18N2O3S/c1-19-10-12-6-7-16(9-12)20(17,18)11-14-5-3-2-4-13(14)8-15/h2-5,12H,6-7,9-11H2,1H3. The number of hydrogen-bond acceptors (Lipinski definition) is 4. The van der Waals surface area contributed by atoms with Gasteiger partial charge in [-0.15, -0.1) is 0 Å². The average Bonchev–Trinajstić information content (AvgIpc) is 2.89. The van der Waals surface area contributed by atoms with Gasteiger partial charge in [0.05, 0.1) is 24.0 Å². The molecule has 5 nitrogen and oxygen atoms in total. The molecule has 0 spiro atoms. The van der Waals surface area contributed by atoms with Gasteiger partial charge in [-0.05, 0) is 24.0 Å². The van der Waals surface area contributed by atoms with Crippen molar-refractivity contribution in [1.82, 2.24) is 4.31 Å². The summed E-state index contributed by atoms with van der Waals surface area (Å²) in [7, 11) is -1.74. The smallest absolute Gasteiger partial charge is 0.218 e. The summed E-state index contributed by atoms with van der Waals surface area (Å²) in [5.74, 6) is 0.150. The lowest BCUT2D eigenvalue weighted by atomic mass is 10.1. The van der Waals surface area contributed by atoms with Crippen LogP contribution in [0.25, 0.3) is 0 Å². The first-order chi connectivity index (χ1) is 9.56. The molecule has 1 fully saturated rings. The van der Waals surface area contributed by atoms with Crippen LogP contribution in [0.2, 0.25) is 0 Å². The van der Waals surface area contributed by atoms with Gasteiger partial charge in [0, 0.05) is 20.2 Å². The quantitative estimate of drug-likeness (QED) is 0.822. The van der Waals surface area contributed by atoms with Gasteiger partial charge in [-0.3, -0.25) is 0 Å². The SMILES string of the molecule is COCC1CCN(S(=O)(=O)Cc2ccccc2C#N)C1. The van der Waals surface area contributed by atoms with Crippen LogP contribution in [0.1, 0.15) is 17.5 Å². The van der Waals surface area contributed by atoms with E-state index in [1.807, 2.05) is 6.07 Å². The van der Waals surface area contributed by atoms with Gasteiger partial charge in [0.2, 0.25) is 10.0 Å². The average molecular weight is 294 g/mol. The van der Waals surface area contributed by atoms with Gasteiger partial charge in [0.15, 0.2) is 0 Å². The van der Waals surface area contributed by atoms with Crippen molar-refractivity contribution in [2.75, 3.05) is 26.8 Å². The van der Waals surface area contributed by atoms with E-state index in [0.717, 1.165) is 6.42 Å². The summed E-state index contributed by atoms with van der Waals surface area (Å²) in [4.78, 5) is 0. The van der Waals surface area contributed by atoms with E-state index in [9.17, 15) is 8.42 Å². The van der Waals surface area contributed by atoms with Gasteiger partial charge >= 0.3 is 0 Å². The molecule has 1 atom stereocenters. The first-order valence-electron chi connectivity index (χ1n) is 6.51. The van der Waals surface area contributed by atoms with Crippen LogP contribution in [0.4, 0.5) is 0 Å². The maximum Gasteiger partial charge on any atom is 0.218 e. The van der Waals surface area contributed by atoms with Gasteiger partial charge in [-0.1, -0.05) is 18.2 Å². The minimum Gasteiger partial charge on any atom is -0.384 e. The molecule has 1 aliphatic rings. The Kier molecular flexibility index (Phi) is 4.76. The first-order valence-corrected chi connectivity index (χ1v) is 8.12. The normalized spacial score (nSPS) is 19.9. The minimum atomic E-state index is -3.37. The van der Waals surface area contributed by atoms with E-state index in [2.05, 4.69) is 0 Å². The summed E-state index contributed by atoms with van der Waals surface area (Å²) in [5.41, 5.74) is 0.980.